The molecule has 0 aromatic rings. The molecule has 0 aromatic carbocycles. The van der Waals surface area contributed by atoms with Gasteiger partial charge in [-0.1, -0.05) is 33.1 Å². The molecule has 4 rings (SSSR count). The predicted molar refractivity (Wildman–Crippen MR) is 123 cm³/mol. The number of hydrogen-bond donors (Lipinski definition) is 2. The van der Waals surface area contributed by atoms with Gasteiger partial charge >= 0.3 is 0 Å². The zero-order valence-corrected chi connectivity index (χ0v) is 20.3. The Morgan fingerprint density at radius 3 is 2.54 bits per heavy atom. The predicted octanol–water partition coefficient (Wildman–Crippen LogP) is 2.72. The minimum Gasteiger partial charge on any atom is -0.377 e. The third-order valence-electron chi connectivity index (χ3n) is 7.17. The summed E-state index contributed by atoms with van der Waals surface area (Å²) in [5, 5.41) is 7.38. The van der Waals surface area contributed by atoms with Crippen molar-refractivity contribution < 1.29 is 13.2 Å². The van der Waals surface area contributed by atoms with E-state index in [2.05, 4.69) is 24.5 Å². The maximum absolute atomic E-state index is 11.8. The maximum Gasteiger partial charge on any atom is 0.191 e. The van der Waals surface area contributed by atoms with Gasteiger partial charge in [-0.3, -0.25) is 4.99 Å². The van der Waals surface area contributed by atoms with Crippen LogP contribution in [-0.2, 0) is 14.6 Å². The first-order chi connectivity index (χ1) is 12.9. The van der Waals surface area contributed by atoms with E-state index in [1.165, 1.54) is 32.1 Å². The Kier molecular flexibility index (Phi) is 7.23. The van der Waals surface area contributed by atoms with Crippen molar-refractivity contribution in [2.75, 3.05) is 24.7 Å². The summed E-state index contributed by atoms with van der Waals surface area (Å²) in [5.74, 6) is 2.22. The molecule has 4 fully saturated rings. The Morgan fingerprint density at radius 1 is 1.11 bits per heavy atom. The first-order valence-electron chi connectivity index (χ1n) is 10.7. The number of nitrogens with one attached hydrogen (secondary N) is 2. The van der Waals surface area contributed by atoms with Gasteiger partial charge in [-0.05, 0) is 31.6 Å². The van der Waals surface area contributed by atoms with E-state index in [0.717, 1.165) is 25.4 Å². The van der Waals surface area contributed by atoms with Crippen molar-refractivity contribution in [3.63, 3.8) is 0 Å². The minimum absolute atomic E-state index is 0. The van der Waals surface area contributed by atoms with Gasteiger partial charge in [0.05, 0.1) is 17.6 Å². The zero-order valence-electron chi connectivity index (χ0n) is 17.2. The zero-order chi connectivity index (χ0) is 19.1. The van der Waals surface area contributed by atoms with E-state index in [0.29, 0.717) is 42.2 Å². The monoisotopic (exact) mass is 525 g/mol. The van der Waals surface area contributed by atoms with Crippen LogP contribution in [0.1, 0.15) is 58.8 Å². The lowest BCUT2D eigenvalue weighted by molar-refractivity contribution is -0.106. The molecule has 0 radical (unpaired) electrons. The molecule has 2 saturated heterocycles. The van der Waals surface area contributed by atoms with Crippen molar-refractivity contribution in [2.45, 2.75) is 77.0 Å². The van der Waals surface area contributed by atoms with Crippen molar-refractivity contribution in [1.29, 1.82) is 0 Å². The second-order valence-electron chi connectivity index (χ2n) is 9.62. The Balaban J connectivity index is 0.00000225. The van der Waals surface area contributed by atoms with Crippen LogP contribution in [0.4, 0.5) is 0 Å². The van der Waals surface area contributed by atoms with Gasteiger partial charge in [-0.25, -0.2) is 8.42 Å². The topological polar surface area (TPSA) is 79.8 Å². The van der Waals surface area contributed by atoms with Gasteiger partial charge in [-0.2, -0.15) is 0 Å². The summed E-state index contributed by atoms with van der Waals surface area (Å²) in [6.07, 6.45) is 8.49. The van der Waals surface area contributed by atoms with Crippen LogP contribution in [0.15, 0.2) is 4.99 Å². The summed E-state index contributed by atoms with van der Waals surface area (Å²) in [6, 6.07) is 0.850. The third kappa shape index (κ3) is 4.79. The molecule has 0 bridgehead atoms. The first-order valence-corrected chi connectivity index (χ1v) is 12.6. The second kappa shape index (κ2) is 8.96. The van der Waals surface area contributed by atoms with Gasteiger partial charge in [0.2, 0.25) is 0 Å². The fourth-order valence-corrected chi connectivity index (χ4v) is 7.42. The number of ether oxygens (including phenoxy) is 1. The number of guanidine groups is 1. The van der Waals surface area contributed by atoms with Crippen LogP contribution in [-0.4, -0.2) is 57.2 Å². The molecule has 4 atom stereocenters. The summed E-state index contributed by atoms with van der Waals surface area (Å²) < 4.78 is 29.4. The molecule has 2 saturated carbocycles. The Hall–Kier alpha value is -0.0900. The van der Waals surface area contributed by atoms with Gasteiger partial charge in [-0.15, -0.1) is 24.0 Å². The smallest absolute Gasteiger partial charge is 0.191 e. The highest BCUT2D eigenvalue weighted by Gasteiger charge is 2.59. The van der Waals surface area contributed by atoms with E-state index >= 15 is 0 Å². The maximum atomic E-state index is 11.8. The number of fused-ring (bicyclic) bond motifs is 1. The van der Waals surface area contributed by atoms with Gasteiger partial charge in [0.1, 0.15) is 0 Å². The molecule has 0 amide bonds. The number of nitrogens with zero attached hydrogens (tertiary/aromatic N) is 1. The fraction of sp³-hybridized carbons (Fsp3) is 0.950. The molecule has 0 spiro atoms. The van der Waals surface area contributed by atoms with Crippen LogP contribution < -0.4 is 10.6 Å². The lowest BCUT2D eigenvalue weighted by atomic mass is 9.57. The third-order valence-corrected chi connectivity index (χ3v) is 9.01. The quantitative estimate of drug-likeness (QED) is 0.335. The van der Waals surface area contributed by atoms with Gasteiger partial charge in [0, 0.05) is 36.6 Å². The summed E-state index contributed by atoms with van der Waals surface area (Å²) in [6.45, 7) is 6.01. The fourth-order valence-electron chi connectivity index (χ4n) is 5.57. The van der Waals surface area contributed by atoms with E-state index in [4.69, 9.17) is 9.73 Å². The summed E-state index contributed by atoms with van der Waals surface area (Å²) in [7, 11) is -2.84. The number of rotatable bonds is 4. The summed E-state index contributed by atoms with van der Waals surface area (Å²) in [5.41, 5.74) is 0.104. The molecule has 2 heterocycles. The normalized spacial score (nSPS) is 36.9. The van der Waals surface area contributed by atoms with Crippen LogP contribution >= 0.6 is 24.0 Å². The standard InChI is InChI=1S/C20H35N3O3S.HI/c1-20(2)17(16-8-10-26-18(16)20)23-19(22-15-6-4-3-5-7-15)21-12-14-9-11-27(24,25)13-14;/h14-18H,3-13H2,1-2H3,(H2,21,22,23);1H. The van der Waals surface area contributed by atoms with Crippen molar-refractivity contribution in [3.05, 3.63) is 0 Å². The highest BCUT2D eigenvalue weighted by Crippen LogP contribution is 2.52. The molecule has 0 aromatic heterocycles. The summed E-state index contributed by atoms with van der Waals surface area (Å²) in [4.78, 5) is 4.86. The summed E-state index contributed by atoms with van der Waals surface area (Å²) >= 11 is 0. The highest BCUT2D eigenvalue weighted by molar-refractivity contribution is 14.0. The lowest BCUT2D eigenvalue weighted by Crippen LogP contribution is -2.68. The molecular formula is C20H36IN3O3S. The Morgan fingerprint density at radius 2 is 1.86 bits per heavy atom. The first kappa shape index (κ1) is 22.6. The Bertz CT molecular complexity index is 676. The van der Waals surface area contributed by atoms with E-state index in [1.54, 1.807) is 0 Å². The van der Waals surface area contributed by atoms with E-state index in [-0.39, 0.29) is 35.3 Å². The van der Waals surface area contributed by atoms with Gasteiger partial charge in [0.25, 0.3) is 0 Å². The van der Waals surface area contributed by atoms with E-state index in [9.17, 15) is 8.42 Å². The number of hydrogen-bond acceptors (Lipinski definition) is 4. The van der Waals surface area contributed by atoms with E-state index in [1.807, 2.05) is 0 Å². The van der Waals surface area contributed by atoms with Crippen LogP contribution in [0.5, 0.6) is 0 Å². The van der Waals surface area contributed by atoms with Crippen LogP contribution in [0.3, 0.4) is 0 Å². The van der Waals surface area contributed by atoms with Crippen molar-refractivity contribution in [3.8, 4) is 0 Å². The number of aliphatic imine (C=N–C) groups is 1. The molecule has 8 heteroatoms. The molecule has 6 nitrogen and oxygen atoms in total. The van der Waals surface area contributed by atoms with Crippen molar-refractivity contribution in [2.24, 2.45) is 22.2 Å². The van der Waals surface area contributed by atoms with Gasteiger partial charge < -0.3 is 15.4 Å². The Labute approximate surface area is 187 Å². The average molecular weight is 525 g/mol. The molecule has 4 unspecified atom stereocenters. The molecule has 162 valence electrons. The highest BCUT2D eigenvalue weighted by atomic mass is 127. The molecule has 28 heavy (non-hydrogen) atoms. The number of sulfone groups is 1. The van der Waals surface area contributed by atoms with Crippen LogP contribution in [0.25, 0.3) is 0 Å². The van der Waals surface area contributed by atoms with Crippen molar-refractivity contribution >= 4 is 39.8 Å². The van der Waals surface area contributed by atoms with Crippen molar-refractivity contribution in [1.82, 2.24) is 10.6 Å². The number of halogens is 1. The minimum atomic E-state index is -2.84. The average Bonchev–Trinajstić information content (AvgIpc) is 3.23. The van der Waals surface area contributed by atoms with E-state index < -0.39 is 9.84 Å². The molecular weight excluding hydrogens is 489 g/mol. The molecule has 2 N–H and O–H groups in total. The van der Waals surface area contributed by atoms with Gasteiger partial charge in [0.15, 0.2) is 15.8 Å². The largest absolute Gasteiger partial charge is 0.377 e. The van der Waals surface area contributed by atoms with Crippen LogP contribution in [0.2, 0.25) is 0 Å². The SMILES string of the molecule is CC1(C)C(NC(=NCC2CCS(=O)(=O)C2)NC2CCCCC2)C2CCOC21.I. The molecule has 2 aliphatic heterocycles. The molecule has 2 aliphatic carbocycles. The lowest BCUT2D eigenvalue weighted by Gasteiger charge is -2.55. The second-order valence-corrected chi connectivity index (χ2v) is 11.9. The van der Waals surface area contributed by atoms with Crippen LogP contribution in [0, 0.1) is 17.3 Å². The molecule has 4 aliphatic rings.